The molecule has 0 amide bonds. The summed E-state index contributed by atoms with van der Waals surface area (Å²) >= 11 is 0. The highest BCUT2D eigenvalue weighted by Gasteiger charge is 2.24. The molecule has 198 valence electrons. The lowest BCUT2D eigenvalue weighted by Crippen LogP contribution is -2.17. The molecule has 0 saturated heterocycles. The average Bonchev–Trinajstić information content (AvgIpc) is 3.57. The van der Waals surface area contributed by atoms with Crippen LogP contribution in [0.3, 0.4) is 0 Å². The monoisotopic (exact) mass is 522 g/mol. The van der Waals surface area contributed by atoms with E-state index in [0.29, 0.717) is 23.6 Å². The van der Waals surface area contributed by atoms with Crippen molar-refractivity contribution in [3.8, 4) is 11.4 Å². The number of nitrogens with zero attached hydrogens (tertiary/aromatic N) is 5. The third-order valence-electron chi connectivity index (χ3n) is 6.70. The van der Waals surface area contributed by atoms with Crippen LogP contribution in [0.4, 0.5) is 4.39 Å². The number of dihydropyridines is 1. The maximum absolute atomic E-state index is 13.4. The van der Waals surface area contributed by atoms with Crippen LogP contribution in [0.2, 0.25) is 0 Å². The van der Waals surface area contributed by atoms with Crippen molar-refractivity contribution < 1.29 is 4.39 Å². The number of hydrogen-bond donors (Lipinski definition) is 3. The number of para-hydroxylation sites is 1. The number of nitrogens with one attached hydrogen (secondary N) is 2. The topological polar surface area (TPSA) is 120 Å². The Balaban J connectivity index is 1.60. The number of aromatic amines is 2. The Morgan fingerprint density at radius 3 is 2.69 bits per heavy atom. The van der Waals surface area contributed by atoms with Gasteiger partial charge in [0, 0.05) is 40.5 Å². The van der Waals surface area contributed by atoms with E-state index in [1.807, 2.05) is 31.3 Å². The first kappa shape index (κ1) is 26.1. The van der Waals surface area contributed by atoms with E-state index >= 15 is 0 Å². The molecule has 2 aromatic carbocycles. The quantitative estimate of drug-likeness (QED) is 0.185. The van der Waals surface area contributed by atoms with E-state index in [0.717, 1.165) is 51.9 Å². The third-order valence-corrected chi connectivity index (χ3v) is 6.70. The van der Waals surface area contributed by atoms with E-state index in [9.17, 15) is 4.39 Å². The molecular formula is C30H31FN8. The summed E-state index contributed by atoms with van der Waals surface area (Å²) in [5, 5.41) is 16.7. The van der Waals surface area contributed by atoms with Crippen LogP contribution < -0.4 is 5.73 Å². The molecule has 4 aromatic rings. The fourth-order valence-corrected chi connectivity index (χ4v) is 4.79. The fraction of sp³-hybridized carbons (Fsp3) is 0.233. The molecule has 8 nitrogen and oxygen atoms in total. The van der Waals surface area contributed by atoms with Gasteiger partial charge in [-0.3, -0.25) is 10.1 Å². The minimum Gasteiger partial charge on any atom is -0.354 e. The lowest BCUT2D eigenvalue weighted by Gasteiger charge is -2.17. The molecule has 4 N–H and O–H groups in total. The average molecular weight is 523 g/mol. The van der Waals surface area contributed by atoms with E-state index in [4.69, 9.17) is 5.73 Å². The first-order valence-electron chi connectivity index (χ1n) is 13.0. The van der Waals surface area contributed by atoms with E-state index in [-0.39, 0.29) is 11.9 Å². The molecule has 0 bridgehead atoms. The van der Waals surface area contributed by atoms with Gasteiger partial charge >= 0.3 is 0 Å². The summed E-state index contributed by atoms with van der Waals surface area (Å²) in [5.74, 6) is 0.699. The van der Waals surface area contributed by atoms with Crippen LogP contribution in [0.15, 0.2) is 81.5 Å². The van der Waals surface area contributed by atoms with Crippen LogP contribution in [0.25, 0.3) is 27.9 Å². The van der Waals surface area contributed by atoms with Crippen molar-refractivity contribution in [3.05, 3.63) is 89.2 Å². The summed E-state index contributed by atoms with van der Waals surface area (Å²) < 4.78 is 13.4. The number of nitrogens with two attached hydrogens (primary N) is 1. The van der Waals surface area contributed by atoms with Gasteiger partial charge in [-0.2, -0.15) is 15.3 Å². The standard InChI is InChI=1S/C30H31FN8/c1-4-7-26(37-33-3)27(20-11-10-18(2)34-17-20)28-23(22-8-5-6-9-25(22)35-28)16-24(32)30-36-29(38-39-30)19-12-14-21(31)15-13-19/h5-6,8-15,17-18,24,35H,3-4,7,16,32H2,1-2H3,(H,36,38,39)/b27-20?,37-26-. The Hall–Kier alpha value is -4.50. The molecule has 2 atom stereocenters. The summed E-state index contributed by atoms with van der Waals surface area (Å²) in [6.45, 7) is 7.77. The van der Waals surface area contributed by atoms with Gasteiger partial charge in [0.15, 0.2) is 5.82 Å². The normalized spacial score (nSPS) is 17.5. The molecule has 0 radical (unpaired) electrons. The predicted octanol–water partition coefficient (Wildman–Crippen LogP) is 5.97. The highest BCUT2D eigenvalue weighted by Crippen LogP contribution is 2.34. The molecule has 0 aliphatic carbocycles. The summed E-state index contributed by atoms with van der Waals surface area (Å²) in [7, 11) is 0. The molecule has 2 unspecified atom stereocenters. The number of H-pyrrole nitrogens is 2. The van der Waals surface area contributed by atoms with Crippen molar-refractivity contribution in [2.24, 2.45) is 20.9 Å². The fourth-order valence-electron chi connectivity index (χ4n) is 4.79. The molecule has 5 rings (SSSR count). The highest BCUT2D eigenvalue weighted by atomic mass is 19.1. The molecule has 9 heteroatoms. The van der Waals surface area contributed by atoms with Gasteiger partial charge in [-0.15, -0.1) is 0 Å². The smallest absolute Gasteiger partial charge is 0.181 e. The number of hydrogen-bond acceptors (Lipinski definition) is 6. The molecule has 0 spiro atoms. The maximum atomic E-state index is 13.4. The second kappa shape index (κ2) is 11.5. The lowest BCUT2D eigenvalue weighted by atomic mass is 9.91. The van der Waals surface area contributed by atoms with Crippen molar-refractivity contribution in [1.82, 2.24) is 20.2 Å². The van der Waals surface area contributed by atoms with Crippen LogP contribution in [0.5, 0.6) is 0 Å². The zero-order chi connectivity index (χ0) is 27.4. The van der Waals surface area contributed by atoms with Crippen LogP contribution in [-0.4, -0.2) is 44.9 Å². The Morgan fingerprint density at radius 1 is 1.18 bits per heavy atom. The molecular weight excluding hydrogens is 491 g/mol. The van der Waals surface area contributed by atoms with Crippen molar-refractivity contribution in [3.63, 3.8) is 0 Å². The van der Waals surface area contributed by atoms with Gasteiger partial charge in [0.25, 0.3) is 0 Å². The first-order valence-corrected chi connectivity index (χ1v) is 13.0. The van der Waals surface area contributed by atoms with E-state index in [2.05, 4.69) is 67.2 Å². The van der Waals surface area contributed by atoms with Gasteiger partial charge in [0.2, 0.25) is 0 Å². The van der Waals surface area contributed by atoms with E-state index in [1.165, 1.54) is 12.1 Å². The van der Waals surface area contributed by atoms with E-state index < -0.39 is 6.04 Å². The van der Waals surface area contributed by atoms with Crippen molar-refractivity contribution in [2.75, 3.05) is 0 Å². The van der Waals surface area contributed by atoms with Crippen LogP contribution in [0.1, 0.15) is 49.8 Å². The van der Waals surface area contributed by atoms with Crippen molar-refractivity contribution in [2.45, 2.75) is 45.2 Å². The molecule has 3 heterocycles. The zero-order valence-corrected chi connectivity index (χ0v) is 22.0. The van der Waals surface area contributed by atoms with Crippen LogP contribution >= 0.6 is 0 Å². The molecule has 1 aliphatic heterocycles. The second-order valence-corrected chi connectivity index (χ2v) is 9.53. The van der Waals surface area contributed by atoms with Crippen LogP contribution in [-0.2, 0) is 6.42 Å². The molecule has 2 aromatic heterocycles. The van der Waals surface area contributed by atoms with Gasteiger partial charge < -0.3 is 10.7 Å². The number of benzene rings is 2. The van der Waals surface area contributed by atoms with Gasteiger partial charge in [-0.05, 0) is 55.7 Å². The molecule has 0 saturated carbocycles. The number of aliphatic imine (C=N–C) groups is 1. The first-order chi connectivity index (χ1) is 19.0. The number of halogens is 1. The summed E-state index contributed by atoms with van der Waals surface area (Å²) in [5.41, 5.74) is 13.1. The zero-order valence-electron chi connectivity index (χ0n) is 22.0. The number of aromatic nitrogens is 4. The van der Waals surface area contributed by atoms with Gasteiger partial charge in [0.1, 0.15) is 11.6 Å². The number of rotatable bonds is 9. The second-order valence-electron chi connectivity index (χ2n) is 9.53. The van der Waals surface area contributed by atoms with Crippen LogP contribution in [0, 0.1) is 5.82 Å². The Kier molecular flexibility index (Phi) is 7.69. The predicted molar refractivity (Wildman–Crippen MR) is 157 cm³/mol. The van der Waals surface area contributed by atoms with Crippen molar-refractivity contribution >= 4 is 35.1 Å². The Morgan fingerprint density at radius 2 is 1.97 bits per heavy atom. The Bertz CT molecular complexity index is 1590. The van der Waals surface area contributed by atoms with Gasteiger partial charge in [0.05, 0.1) is 23.5 Å². The minimum atomic E-state index is -0.476. The Labute approximate surface area is 226 Å². The molecule has 1 aliphatic rings. The number of fused-ring (bicyclic) bond motifs is 1. The molecule has 0 fully saturated rings. The SMILES string of the molecule is C=N/N=C(/CCC)C(=C1C=CC(C)N=C1)c1[nH]c2ccccc2c1CC(N)c1nc(-c2ccc(F)cc2)n[nH]1. The lowest BCUT2D eigenvalue weighted by molar-refractivity contribution is 0.628. The largest absolute Gasteiger partial charge is 0.354 e. The minimum absolute atomic E-state index is 0.108. The number of allylic oxidation sites excluding steroid dienone is 3. The third kappa shape index (κ3) is 5.53. The van der Waals surface area contributed by atoms with Gasteiger partial charge in [-0.25, -0.2) is 9.37 Å². The summed E-state index contributed by atoms with van der Waals surface area (Å²) in [6, 6.07) is 13.8. The maximum Gasteiger partial charge on any atom is 0.181 e. The summed E-state index contributed by atoms with van der Waals surface area (Å²) in [4.78, 5) is 12.9. The van der Waals surface area contributed by atoms with Crippen molar-refractivity contribution in [1.29, 1.82) is 0 Å². The van der Waals surface area contributed by atoms with E-state index in [1.54, 1.807) is 12.1 Å². The van der Waals surface area contributed by atoms with Gasteiger partial charge in [-0.1, -0.05) is 43.7 Å². The summed E-state index contributed by atoms with van der Waals surface area (Å²) in [6.07, 6.45) is 8.14. The highest BCUT2D eigenvalue weighted by molar-refractivity contribution is 6.29. The molecule has 39 heavy (non-hydrogen) atoms.